The normalized spacial score (nSPS) is 4.60. The van der Waals surface area contributed by atoms with E-state index in [1.807, 2.05) is 0 Å². The number of nitrogens with zero attached hydrogens (tertiary/aromatic N) is 1. The fraction of sp³-hybridized carbons (Fsp3) is 0. The molecule has 25 valence electrons. The lowest BCUT2D eigenvalue weighted by Crippen LogP contribution is -1.97. The molecule has 0 saturated carbocycles. The second kappa shape index (κ2) is 2.96. The van der Waals surface area contributed by atoms with Crippen LogP contribution >= 0.6 is 0 Å². The summed E-state index contributed by atoms with van der Waals surface area (Å²) in [5.74, 6) is 0. The van der Waals surface area contributed by atoms with E-state index < -0.39 is 0 Å². The number of hydrogen-bond acceptors (Lipinski definition) is 2. The predicted octanol–water partition coefficient (Wildman–Crippen LogP) is -0.876. The Bertz CT molecular complexity index is 62.5. The van der Waals surface area contributed by atoms with Crippen LogP contribution in [0.25, 0.3) is 0 Å². The van der Waals surface area contributed by atoms with Crippen molar-refractivity contribution in [3.8, 4) is 6.19 Å². The molecule has 0 aliphatic carbocycles. The molecule has 0 aliphatic rings. The Hall–Kier alpha value is -1.04. The van der Waals surface area contributed by atoms with E-state index >= 15 is 0 Å². The standard InChI is InChI=1S/C2HN2O/c3-1-4-2-5/h(H,4,5). The zero-order valence-electron chi connectivity index (χ0n) is 2.36. The first-order valence-corrected chi connectivity index (χ1v) is 0.928. The van der Waals surface area contributed by atoms with Gasteiger partial charge in [-0.25, -0.2) is 0 Å². The van der Waals surface area contributed by atoms with Gasteiger partial charge in [-0.2, -0.15) is 5.26 Å². The van der Waals surface area contributed by atoms with Crippen LogP contribution in [0.4, 0.5) is 0 Å². The molecule has 0 aliphatic heterocycles. The summed E-state index contributed by atoms with van der Waals surface area (Å²) < 4.78 is 0. The first kappa shape index (κ1) is 3.96. The number of amides is 1. The Morgan fingerprint density at radius 3 is 2.40 bits per heavy atom. The number of hydrogen-bond donors (Lipinski definition) is 1. The highest BCUT2D eigenvalue weighted by atomic mass is 16.1. The van der Waals surface area contributed by atoms with Crippen molar-refractivity contribution in [3.63, 3.8) is 0 Å². The SMILES string of the molecule is N#CN[C]=O. The highest BCUT2D eigenvalue weighted by molar-refractivity contribution is 5.49. The number of rotatable bonds is 1. The lowest BCUT2D eigenvalue weighted by atomic mass is 11.2. The molecular weight excluding hydrogens is 68.0 g/mol. The monoisotopic (exact) mass is 69.0 g/mol. The van der Waals surface area contributed by atoms with Crippen LogP contribution in [0.2, 0.25) is 0 Å². The quantitative estimate of drug-likeness (QED) is 0.321. The Labute approximate surface area is 29.2 Å². The van der Waals surface area contributed by atoms with Gasteiger partial charge in [0, 0.05) is 0 Å². The molecular formula is C2HN2O. The van der Waals surface area contributed by atoms with E-state index in [1.54, 1.807) is 5.32 Å². The Balaban J connectivity index is 2.75. The van der Waals surface area contributed by atoms with E-state index in [2.05, 4.69) is 0 Å². The number of nitrogens with one attached hydrogen (secondary N) is 1. The van der Waals surface area contributed by atoms with Crippen molar-refractivity contribution in [2.24, 2.45) is 0 Å². The van der Waals surface area contributed by atoms with E-state index in [1.165, 1.54) is 6.19 Å². The van der Waals surface area contributed by atoms with Gasteiger partial charge in [-0.05, 0) is 0 Å². The van der Waals surface area contributed by atoms with Crippen LogP contribution in [0.3, 0.4) is 0 Å². The van der Waals surface area contributed by atoms with E-state index in [9.17, 15) is 0 Å². The van der Waals surface area contributed by atoms with Crippen LogP contribution in [0.1, 0.15) is 0 Å². The third-order valence-electron chi connectivity index (χ3n) is 0.107. The van der Waals surface area contributed by atoms with Gasteiger partial charge in [0.2, 0.25) is 0 Å². The summed E-state index contributed by atoms with van der Waals surface area (Å²) in [5, 5.41) is 9.05. The fourth-order valence-corrected chi connectivity index (χ4v) is 0.0228. The van der Waals surface area contributed by atoms with Crippen molar-refractivity contribution in [2.45, 2.75) is 0 Å². The van der Waals surface area contributed by atoms with Crippen LogP contribution in [-0.4, -0.2) is 6.41 Å². The summed E-state index contributed by atoms with van der Waals surface area (Å²) in [7, 11) is 0. The number of carbonyl (C=O) groups excluding carboxylic acids is 1. The Morgan fingerprint density at radius 2 is 2.40 bits per heavy atom. The molecule has 0 spiro atoms. The molecule has 1 radical (unpaired) electrons. The molecule has 3 heteroatoms. The lowest BCUT2D eigenvalue weighted by molar-refractivity contribution is 0.551. The molecule has 0 heterocycles. The van der Waals surface area contributed by atoms with Crippen molar-refractivity contribution in [1.29, 1.82) is 5.26 Å². The molecule has 0 aromatic carbocycles. The molecule has 3 nitrogen and oxygen atoms in total. The maximum absolute atomic E-state index is 8.95. The highest BCUT2D eigenvalue weighted by Gasteiger charge is 1.58. The summed E-state index contributed by atoms with van der Waals surface area (Å²) in [4.78, 5) is 8.95. The van der Waals surface area contributed by atoms with E-state index in [4.69, 9.17) is 10.1 Å². The smallest absolute Gasteiger partial charge is 0.262 e. The zero-order chi connectivity index (χ0) is 4.12. The second-order valence-electron chi connectivity index (χ2n) is 0.339. The molecule has 0 atom stereocenters. The van der Waals surface area contributed by atoms with Gasteiger partial charge >= 0.3 is 6.41 Å². The molecule has 0 rings (SSSR count). The van der Waals surface area contributed by atoms with Gasteiger partial charge in [0.05, 0.1) is 0 Å². The van der Waals surface area contributed by atoms with Crippen molar-refractivity contribution >= 4 is 6.41 Å². The van der Waals surface area contributed by atoms with Crippen LogP contribution in [0, 0.1) is 11.5 Å². The molecule has 5 heavy (non-hydrogen) atoms. The maximum Gasteiger partial charge on any atom is 0.323 e. The summed E-state index contributed by atoms with van der Waals surface area (Å²) in [6.45, 7) is 0. The van der Waals surface area contributed by atoms with Gasteiger partial charge < -0.3 is 0 Å². The van der Waals surface area contributed by atoms with Crippen LogP contribution in [-0.2, 0) is 4.79 Å². The topological polar surface area (TPSA) is 52.9 Å². The van der Waals surface area contributed by atoms with Gasteiger partial charge in [-0.3, -0.25) is 10.1 Å². The van der Waals surface area contributed by atoms with Crippen LogP contribution < -0.4 is 5.32 Å². The fourth-order valence-electron chi connectivity index (χ4n) is 0.0228. The third-order valence-corrected chi connectivity index (χ3v) is 0.107. The minimum atomic E-state index is 1.16. The largest absolute Gasteiger partial charge is 0.323 e. The summed E-state index contributed by atoms with van der Waals surface area (Å²) in [6.07, 6.45) is 2.50. The molecule has 0 aromatic heterocycles. The van der Waals surface area contributed by atoms with Crippen LogP contribution in [0.15, 0.2) is 0 Å². The first-order chi connectivity index (χ1) is 2.41. The summed E-state index contributed by atoms with van der Waals surface area (Å²) in [6, 6.07) is 0. The second-order valence-corrected chi connectivity index (χ2v) is 0.339. The first-order valence-electron chi connectivity index (χ1n) is 0.928. The lowest BCUT2D eigenvalue weighted by Gasteiger charge is -1.57. The molecule has 1 amide bonds. The minimum absolute atomic E-state index is 1.16. The minimum Gasteiger partial charge on any atom is -0.262 e. The Kier molecular flexibility index (Phi) is 2.34. The molecule has 0 aromatic rings. The highest BCUT2D eigenvalue weighted by Crippen LogP contribution is 1.23. The summed E-state index contributed by atoms with van der Waals surface area (Å²) in [5.41, 5.74) is 0. The average Bonchev–Trinajstić information content (AvgIpc) is 1.41. The molecule has 0 unspecified atom stereocenters. The van der Waals surface area contributed by atoms with Crippen molar-refractivity contribution in [3.05, 3.63) is 0 Å². The van der Waals surface area contributed by atoms with E-state index in [-0.39, 0.29) is 0 Å². The molecule has 0 fully saturated rings. The summed E-state index contributed by atoms with van der Waals surface area (Å²) >= 11 is 0. The van der Waals surface area contributed by atoms with Gasteiger partial charge in [0.1, 0.15) is 0 Å². The maximum atomic E-state index is 8.95. The molecule has 0 bridgehead atoms. The molecule has 0 saturated heterocycles. The predicted molar refractivity (Wildman–Crippen MR) is 14.4 cm³/mol. The van der Waals surface area contributed by atoms with Crippen molar-refractivity contribution in [2.75, 3.05) is 0 Å². The third kappa shape index (κ3) is 2.96. The zero-order valence-corrected chi connectivity index (χ0v) is 2.36. The molecule has 1 N–H and O–H groups in total. The van der Waals surface area contributed by atoms with Gasteiger partial charge in [0.25, 0.3) is 0 Å². The van der Waals surface area contributed by atoms with Crippen LogP contribution in [0.5, 0.6) is 0 Å². The van der Waals surface area contributed by atoms with Crippen molar-refractivity contribution in [1.82, 2.24) is 5.32 Å². The van der Waals surface area contributed by atoms with E-state index in [0.717, 1.165) is 6.41 Å². The van der Waals surface area contributed by atoms with Gasteiger partial charge in [0.15, 0.2) is 6.19 Å². The van der Waals surface area contributed by atoms with E-state index in [0.29, 0.717) is 0 Å². The Morgan fingerprint density at radius 1 is 1.80 bits per heavy atom. The average molecular weight is 69.0 g/mol. The van der Waals surface area contributed by atoms with Crippen molar-refractivity contribution < 1.29 is 4.79 Å². The number of nitriles is 1. The van der Waals surface area contributed by atoms with Gasteiger partial charge in [-0.15, -0.1) is 0 Å². The van der Waals surface area contributed by atoms with Gasteiger partial charge in [-0.1, -0.05) is 0 Å².